The summed E-state index contributed by atoms with van der Waals surface area (Å²) in [6.07, 6.45) is 5.74. The predicted octanol–water partition coefficient (Wildman–Crippen LogP) is 2.77. The summed E-state index contributed by atoms with van der Waals surface area (Å²) in [5.74, 6) is 0.450. The third kappa shape index (κ3) is 2.35. The molecule has 4 rings (SSSR count). The van der Waals surface area contributed by atoms with Crippen LogP contribution >= 0.6 is 0 Å². The highest BCUT2D eigenvalue weighted by atomic mass is 32.2. The van der Waals surface area contributed by atoms with E-state index in [0.717, 1.165) is 24.8 Å². The maximum absolute atomic E-state index is 12.4. The zero-order valence-electron chi connectivity index (χ0n) is 12.5. The molecule has 116 valence electrons. The van der Waals surface area contributed by atoms with Crippen molar-refractivity contribution in [2.24, 2.45) is 5.41 Å². The Hall–Kier alpha value is -1.38. The van der Waals surface area contributed by atoms with Crippen molar-refractivity contribution < 1.29 is 8.42 Å². The first-order valence-electron chi connectivity index (χ1n) is 8.05. The number of nitrogens with one attached hydrogen (secondary N) is 1. The lowest BCUT2D eigenvalue weighted by atomic mass is 9.84. The maximum atomic E-state index is 12.4. The van der Waals surface area contributed by atoms with Crippen molar-refractivity contribution in [2.45, 2.75) is 50.5 Å². The van der Waals surface area contributed by atoms with Crippen molar-refractivity contribution in [1.82, 2.24) is 4.72 Å². The number of benzene rings is 1. The van der Waals surface area contributed by atoms with Gasteiger partial charge in [-0.25, -0.2) is 13.1 Å². The molecule has 22 heavy (non-hydrogen) atoms. The van der Waals surface area contributed by atoms with Crippen molar-refractivity contribution in [2.75, 3.05) is 5.75 Å². The summed E-state index contributed by atoms with van der Waals surface area (Å²) in [7, 11) is -3.41. The summed E-state index contributed by atoms with van der Waals surface area (Å²) in [5.41, 5.74) is 3.32. The van der Waals surface area contributed by atoms with Crippen LogP contribution < -0.4 is 4.72 Å². The van der Waals surface area contributed by atoms with Crippen LogP contribution in [0.15, 0.2) is 18.2 Å². The van der Waals surface area contributed by atoms with Crippen LogP contribution in [0.25, 0.3) is 0 Å². The number of nitrogens with zero attached hydrogens (tertiary/aromatic N) is 1. The van der Waals surface area contributed by atoms with Gasteiger partial charge < -0.3 is 0 Å². The number of rotatable bonds is 4. The third-order valence-corrected chi connectivity index (χ3v) is 6.99. The van der Waals surface area contributed by atoms with Gasteiger partial charge in [0.25, 0.3) is 0 Å². The normalized spacial score (nSPS) is 28.0. The van der Waals surface area contributed by atoms with Crippen LogP contribution in [0.5, 0.6) is 0 Å². The molecule has 0 aromatic heterocycles. The van der Waals surface area contributed by atoms with E-state index in [9.17, 15) is 8.42 Å². The second-order valence-electron chi connectivity index (χ2n) is 7.07. The highest BCUT2D eigenvalue weighted by molar-refractivity contribution is 7.89. The number of hydrogen-bond acceptors (Lipinski definition) is 3. The maximum Gasteiger partial charge on any atom is 0.213 e. The highest BCUT2D eigenvalue weighted by Gasteiger charge is 2.47. The first-order chi connectivity index (χ1) is 10.5. The van der Waals surface area contributed by atoms with Gasteiger partial charge in [0.1, 0.15) is 0 Å². The fourth-order valence-corrected chi connectivity index (χ4v) is 5.98. The van der Waals surface area contributed by atoms with E-state index in [2.05, 4.69) is 22.9 Å². The van der Waals surface area contributed by atoms with Crippen molar-refractivity contribution in [3.63, 3.8) is 0 Å². The minimum absolute atomic E-state index is 0.0489. The van der Waals surface area contributed by atoms with Crippen molar-refractivity contribution in [1.29, 1.82) is 5.26 Å². The minimum Gasteiger partial charge on any atom is -0.212 e. The van der Waals surface area contributed by atoms with Crippen molar-refractivity contribution in [3.8, 4) is 6.07 Å². The van der Waals surface area contributed by atoms with Crippen LogP contribution in [-0.4, -0.2) is 14.2 Å². The van der Waals surface area contributed by atoms with Gasteiger partial charge in [-0.2, -0.15) is 5.26 Å². The number of sulfonamides is 1. The van der Waals surface area contributed by atoms with Gasteiger partial charge in [-0.15, -0.1) is 0 Å². The Morgan fingerprint density at radius 2 is 2.18 bits per heavy atom. The van der Waals surface area contributed by atoms with Crippen LogP contribution in [0.4, 0.5) is 0 Å². The minimum atomic E-state index is -3.41. The second kappa shape index (κ2) is 4.81. The van der Waals surface area contributed by atoms with E-state index in [1.54, 1.807) is 0 Å². The van der Waals surface area contributed by atoms with E-state index in [1.165, 1.54) is 17.5 Å². The Kier molecular flexibility index (Phi) is 3.11. The van der Waals surface area contributed by atoms with Gasteiger partial charge in [-0.05, 0) is 61.1 Å². The molecule has 0 bridgehead atoms. The summed E-state index contributed by atoms with van der Waals surface area (Å²) in [6.45, 7) is 0. The van der Waals surface area contributed by atoms with Gasteiger partial charge in [0.05, 0.1) is 17.2 Å². The smallest absolute Gasteiger partial charge is 0.212 e. The largest absolute Gasteiger partial charge is 0.213 e. The summed E-state index contributed by atoms with van der Waals surface area (Å²) < 4.78 is 27.8. The molecule has 1 saturated carbocycles. The van der Waals surface area contributed by atoms with Gasteiger partial charge in [-0.1, -0.05) is 18.2 Å². The topological polar surface area (TPSA) is 70.0 Å². The number of nitriles is 1. The fraction of sp³-hybridized carbons (Fsp3) is 0.588. The van der Waals surface area contributed by atoms with Gasteiger partial charge >= 0.3 is 0 Å². The molecule has 3 aliphatic rings. The molecular weight excluding hydrogens is 296 g/mol. The SMILES string of the molecule is N#CC1(CS(=O)(=O)N[C@@H]2C[C@H]3CCCc4cccc2c43)CC1. The zero-order valence-corrected chi connectivity index (χ0v) is 13.3. The Morgan fingerprint density at radius 1 is 1.36 bits per heavy atom. The van der Waals surface area contributed by atoms with Crippen molar-refractivity contribution >= 4 is 10.0 Å². The standard InChI is InChI=1S/C17H20N2O2S/c18-10-17(7-8-17)11-22(20,21)19-15-9-13-5-1-3-12-4-2-6-14(15)16(12)13/h2,4,6,13,15,19H,1,3,5,7-9,11H2/t13-,15-/m1/s1. The van der Waals surface area contributed by atoms with E-state index < -0.39 is 15.4 Å². The monoisotopic (exact) mass is 316 g/mol. The number of hydrogen-bond donors (Lipinski definition) is 1. The molecule has 4 nitrogen and oxygen atoms in total. The molecule has 0 unspecified atom stereocenters. The molecule has 1 aromatic rings. The molecule has 2 atom stereocenters. The van der Waals surface area contributed by atoms with Crippen LogP contribution in [0.2, 0.25) is 0 Å². The van der Waals surface area contributed by atoms with Crippen LogP contribution in [0, 0.1) is 16.7 Å². The number of aryl methyl sites for hydroxylation is 1. The molecule has 1 fully saturated rings. The first-order valence-corrected chi connectivity index (χ1v) is 9.70. The Balaban J connectivity index is 1.59. The van der Waals surface area contributed by atoms with Gasteiger partial charge in [0.2, 0.25) is 10.0 Å². The Labute approximate surface area is 131 Å². The van der Waals surface area contributed by atoms with Crippen LogP contribution in [0.3, 0.4) is 0 Å². The molecule has 0 aliphatic heterocycles. The summed E-state index contributed by atoms with van der Waals surface area (Å²) in [5, 5.41) is 9.12. The van der Waals surface area contributed by atoms with E-state index in [-0.39, 0.29) is 11.8 Å². The lowest BCUT2D eigenvalue weighted by Crippen LogP contribution is -2.32. The van der Waals surface area contributed by atoms with E-state index in [1.807, 2.05) is 6.07 Å². The average Bonchev–Trinajstić information content (AvgIpc) is 3.17. The van der Waals surface area contributed by atoms with Gasteiger partial charge in [0, 0.05) is 6.04 Å². The molecule has 0 amide bonds. The lowest BCUT2D eigenvalue weighted by Gasteiger charge is -2.20. The van der Waals surface area contributed by atoms with E-state index in [4.69, 9.17) is 5.26 Å². The first kappa shape index (κ1) is 14.2. The second-order valence-corrected chi connectivity index (χ2v) is 8.82. The third-order valence-electron chi connectivity index (χ3n) is 5.41. The summed E-state index contributed by atoms with van der Waals surface area (Å²) in [6, 6.07) is 8.34. The molecular formula is C17H20N2O2S. The van der Waals surface area contributed by atoms with E-state index in [0.29, 0.717) is 18.8 Å². The molecule has 3 aliphatic carbocycles. The van der Waals surface area contributed by atoms with Crippen molar-refractivity contribution in [3.05, 3.63) is 34.9 Å². The van der Waals surface area contributed by atoms with Gasteiger partial charge in [0.15, 0.2) is 0 Å². The molecule has 1 N–H and O–H groups in total. The Morgan fingerprint density at radius 3 is 2.91 bits per heavy atom. The molecule has 5 heteroatoms. The molecule has 0 heterocycles. The van der Waals surface area contributed by atoms with E-state index >= 15 is 0 Å². The van der Waals surface area contributed by atoms with Crippen LogP contribution in [0.1, 0.15) is 60.8 Å². The predicted molar refractivity (Wildman–Crippen MR) is 83.7 cm³/mol. The summed E-state index contributed by atoms with van der Waals surface area (Å²) in [4.78, 5) is 0. The van der Waals surface area contributed by atoms with Gasteiger partial charge in [-0.3, -0.25) is 0 Å². The molecule has 0 spiro atoms. The van der Waals surface area contributed by atoms with Crippen LogP contribution in [-0.2, 0) is 16.4 Å². The zero-order chi connectivity index (χ0) is 15.4. The summed E-state index contributed by atoms with van der Waals surface area (Å²) >= 11 is 0. The lowest BCUT2D eigenvalue weighted by molar-refractivity contribution is 0.496. The molecule has 1 aromatic carbocycles. The quantitative estimate of drug-likeness (QED) is 0.928. The molecule has 0 radical (unpaired) electrons. The Bertz CT molecular complexity index is 759. The fourth-order valence-electron chi connectivity index (χ4n) is 4.16. The average molecular weight is 316 g/mol. The highest BCUT2D eigenvalue weighted by Crippen LogP contribution is 2.49. The molecule has 0 saturated heterocycles.